The summed E-state index contributed by atoms with van der Waals surface area (Å²) in [7, 11) is 2.16. The lowest BCUT2D eigenvalue weighted by Crippen LogP contribution is -2.50. The highest BCUT2D eigenvalue weighted by Gasteiger charge is 2.13. The predicted molar refractivity (Wildman–Crippen MR) is 75.1 cm³/mol. The summed E-state index contributed by atoms with van der Waals surface area (Å²) in [6.45, 7) is 5.17. The van der Waals surface area contributed by atoms with Gasteiger partial charge in [-0.2, -0.15) is 0 Å². The molecule has 17 heavy (non-hydrogen) atoms. The fourth-order valence-corrected chi connectivity index (χ4v) is 2.42. The lowest BCUT2D eigenvalue weighted by molar-refractivity contribution is 0.102. The van der Waals surface area contributed by atoms with Crippen LogP contribution in [0.25, 0.3) is 0 Å². The molecule has 1 heterocycles. The smallest absolute Gasteiger partial charge is 0.0410 e. The lowest BCUT2D eigenvalue weighted by atomic mass is 10.2. The first-order valence-electron chi connectivity index (χ1n) is 5.76. The second-order valence-corrected chi connectivity index (χ2v) is 5.65. The van der Waals surface area contributed by atoms with Gasteiger partial charge in [0, 0.05) is 42.2 Å². The fourth-order valence-electron chi connectivity index (χ4n) is 1.84. The minimum absolute atomic E-state index is 0.781. The van der Waals surface area contributed by atoms with Gasteiger partial charge in [0.05, 0.1) is 0 Å². The van der Waals surface area contributed by atoms with Gasteiger partial charge in [-0.05, 0) is 30.8 Å². The summed E-state index contributed by atoms with van der Waals surface area (Å²) >= 11 is 9.53. The van der Waals surface area contributed by atoms with Gasteiger partial charge in [0.25, 0.3) is 0 Å². The molecule has 0 aromatic heterocycles. The van der Waals surface area contributed by atoms with Gasteiger partial charge >= 0.3 is 0 Å². The van der Waals surface area contributed by atoms with E-state index in [1.807, 2.05) is 18.2 Å². The SMILES string of the molecule is CN1CCN(NCc2cc(Cl)ccc2Br)CC1. The number of piperazine rings is 1. The van der Waals surface area contributed by atoms with Gasteiger partial charge in [-0.3, -0.25) is 5.43 Å². The van der Waals surface area contributed by atoms with Crippen molar-refractivity contribution < 1.29 is 0 Å². The highest BCUT2D eigenvalue weighted by Crippen LogP contribution is 2.21. The highest BCUT2D eigenvalue weighted by molar-refractivity contribution is 9.10. The molecule has 1 aromatic rings. The van der Waals surface area contributed by atoms with Crippen LogP contribution >= 0.6 is 27.5 Å². The molecule has 0 aliphatic carbocycles. The van der Waals surface area contributed by atoms with Crippen molar-refractivity contribution in [1.29, 1.82) is 0 Å². The molecule has 1 saturated heterocycles. The molecule has 0 saturated carbocycles. The van der Waals surface area contributed by atoms with E-state index in [1.165, 1.54) is 5.56 Å². The third kappa shape index (κ3) is 3.93. The number of likely N-dealkylation sites (N-methyl/N-ethyl adjacent to an activating group) is 1. The Kier molecular flexibility index (Phi) is 4.82. The highest BCUT2D eigenvalue weighted by atomic mass is 79.9. The zero-order chi connectivity index (χ0) is 12.3. The standard InChI is InChI=1S/C12H17BrClN3/c1-16-4-6-17(7-5-16)15-9-10-8-11(14)2-3-12(10)13/h2-3,8,15H,4-7,9H2,1H3. The van der Waals surface area contributed by atoms with Gasteiger partial charge in [0.2, 0.25) is 0 Å². The maximum atomic E-state index is 5.99. The first-order valence-corrected chi connectivity index (χ1v) is 6.93. The Labute approximate surface area is 116 Å². The van der Waals surface area contributed by atoms with Crippen LogP contribution < -0.4 is 5.43 Å². The maximum Gasteiger partial charge on any atom is 0.0410 e. The molecular weight excluding hydrogens is 302 g/mol. The number of benzene rings is 1. The first-order chi connectivity index (χ1) is 8.15. The molecule has 5 heteroatoms. The van der Waals surface area contributed by atoms with Crippen LogP contribution in [0.3, 0.4) is 0 Å². The fraction of sp³-hybridized carbons (Fsp3) is 0.500. The summed E-state index contributed by atoms with van der Waals surface area (Å²) in [5, 5.41) is 3.05. The number of nitrogens with zero attached hydrogens (tertiary/aromatic N) is 2. The Bertz CT molecular complexity index is 378. The Morgan fingerprint density at radius 2 is 2.00 bits per heavy atom. The third-order valence-electron chi connectivity index (χ3n) is 3.00. The molecule has 94 valence electrons. The summed E-state index contributed by atoms with van der Waals surface area (Å²) in [5.41, 5.74) is 4.64. The van der Waals surface area contributed by atoms with E-state index in [0.29, 0.717) is 0 Å². The van der Waals surface area contributed by atoms with Gasteiger partial charge in [-0.25, -0.2) is 5.01 Å². The number of halogens is 2. The summed E-state index contributed by atoms with van der Waals surface area (Å²) in [6, 6.07) is 5.88. The van der Waals surface area contributed by atoms with E-state index < -0.39 is 0 Å². The molecule has 2 rings (SSSR count). The van der Waals surface area contributed by atoms with Crippen molar-refractivity contribution in [2.24, 2.45) is 0 Å². The number of hydrazine groups is 1. The van der Waals surface area contributed by atoms with Gasteiger partial charge in [0.1, 0.15) is 0 Å². The second-order valence-electron chi connectivity index (χ2n) is 4.36. The van der Waals surface area contributed by atoms with Crippen molar-refractivity contribution in [3.63, 3.8) is 0 Å². The lowest BCUT2D eigenvalue weighted by Gasteiger charge is -2.32. The molecule has 1 N–H and O–H groups in total. The normalized spacial score (nSPS) is 18.5. The largest absolute Gasteiger partial charge is 0.304 e. The minimum atomic E-state index is 0.781. The van der Waals surface area contributed by atoms with Gasteiger partial charge in [-0.15, -0.1) is 0 Å². The minimum Gasteiger partial charge on any atom is -0.304 e. The maximum absolute atomic E-state index is 5.99. The van der Waals surface area contributed by atoms with Gasteiger partial charge in [-0.1, -0.05) is 27.5 Å². The van der Waals surface area contributed by atoms with Crippen molar-refractivity contribution >= 4 is 27.5 Å². The van der Waals surface area contributed by atoms with Gasteiger partial charge < -0.3 is 4.90 Å². The van der Waals surface area contributed by atoms with E-state index in [4.69, 9.17) is 11.6 Å². The number of nitrogens with one attached hydrogen (secondary N) is 1. The molecule has 1 fully saturated rings. The molecule has 0 unspecified atom stereocenters. The monoisotopic (exact) mass is 317 g/mol. The summed E-state index contributed by atoms with van der Waals surface area (Å²) < 4.78 is 1.10. The van der Waals surface area contributed by atoms with Crippen molar-refractivity contribution in [3.05, 3.63) is 33.3 Å². The van der Waals surface area contributed by atoms with Crippen molar-refractivity contribution in [2.75, 3.05) is 33.2 Å². The average molecular weight is 319 g/mol. The topological polar surface area (TPSA) is 18.5 Å². The predicted octanol–water partition coefficient (Wildman–Crippen LogP) is 2.35. The molecule has 0 atom stereocenters. The Hall–Kier alpha value is -0.130. The molecule has 1 aliphatic rings. The molecule has 1 aliphatic heterocycles. The van der Waals surface area contributed by atoms with Crippen LogP contribution in [0.1, 0.15) is 5.56 Å². The number of rotatable bonds is 3. The Balaban J connectivity index is 1.87. The van der Waals surface area contributed by atoms with Crippen molar-refractivity contribution in [2.45, 2.75) is 6.54 Å². The quantitative estimate of drug-likeness (QED) is 0.923. The van der Waals surface area contributed by atoms with Crippen LogP contribution in [0.4, 0.5) is 0 Å². The van der Waals surface area contributed by atoms with E-state index in [9.17, 15) is 0 Å². The first kappa shape index (κ1) is 13.3. The molecule has 1 aromatic carbocycles. The van der Waals surface area contributed by atoms with Crippen LogP contribution in [0.15, 0.2) is 22.7 Å². The van der Waals surface area contributed by atoms with E-state index in [2.05, 4.69) is 38.3 Å². The average Bonchev–Trinajstić information content (AvgIpc) is 2.32. The zero-order valence-corrected chi connectivity index (χ0v) is 12.3. The molecule has 0 bridgehead atoms. The molecule has 0 radical (unpaired) electrons. The van der Waals surface area contributed by atoms with Crippen LogP contribution in [-0.2, 0) is 6.54 Å². The van der Waals surface area contributed by atoms with Gasteiger partial charge in [0.15, 0.2) is 0 Å². The van der Waals surface area contributed by atoms with Crippen molar-refractivity contribution in [1.82, 2.24) is 15.3 Å². The Morgan fingerprint density at radius 3 is 2.71 bits per heavy atom. The van der Waals surface area contributed by atoms with E-state index in [0.717, 1.165) is 42.2 Å². The number of hydrogen-bond acceptors (Lipinski definition) is 3. The number of hydrogen-bond donors (Lipinski definition) is 1. The molecule has 3 nitrogen and oxygen atoms in total. The van der Waals surface area contributed by atoms with Crippen LogP contribution in [0, 0.1) is 0 Å². The van der Waals surface area contributed by atoms with Crippen molar-refractivity contribution in [3.8, 4) is 0 Å². The van der Waals surface area contributed by atoms with Crippen LogP contribution in [0.2, 0.25) is 5.02 Å². The molecule has 0 spiro atoms. The zero-order valence-electron chi connectivity index (χ0n) is 9.92. The molecular formula is C12H17BrClN3. The van der Waals surface area contributed by atoms with Crippen LogP contribution in [-0.4, -0.2) is 43.1 Å². The van der Waals surface area contributed by atoms with Crippen LogP contribution in [0.5, 0.6) is 0 Å². The van der Waals surface area contributed by atoms with E-state index >= 15 is 0 Å². The summed E-state index contributed by atoms with van der Waals surface area (Å²) in [4.78, 5) is 2.34. The third-order valence-corrected chi connectivity index (χ3v) is 4.01. The second kappa shape index (κ2) is 6.16. The Morgan fingerprint density at radius 1 is 1.29 bits per heavy atom. The summed E-state index contributed by atoms with van der Waals surface area (Å²) in [5.74, 6) is 0. The van der Waals surface area contributed by atoms with E-state index in [-0.39, 0.29) is 0 Å². The molecule has 0 amide bonds. The summed E-state index contributed by atoms with van der Waals surface area (Å²) in [6.07, 6.45) is 0. The van der Waals surface area contributed by atoms with E-state index in [1.54, 1.807) is 0 Å².